The number of methoxy groups -OCH3 is 1. The molecule has 1 amide bonds. The Kier molecular flexibility index (Phi) is 5.32. The Balaban J connectivity index is 2.15. The molecule has 122 valence electrons. The largest absolute Gasteiger partial charge is 0.496 e. The molecule has 0 aliphatic carbocycles. The molecular formula is C15H20N6O2. The Morgan fingerprint density at radius 2 is 2.17 bits per heavy atom. The van der Waals surface area contributed by atoms with Crippen LogP contribution in [-0.2, 0) is 0 Å². The summed E-state index contributed by atoms with van der Waals surface area (Å²) in [4.78, 5) is 19.8. The lowest BCUT2D eigenvalue weighted by molar-refractivity contribution is 0.0997. The van der Waals surface area contributed by atoms with Crippen LogP contribution in [0.4, 0.5) is 17.5 Å². The number of nitrogens with zero attached hydrogens (tertiary/aromatic N) is 2. The van der Waals surface area contributed by atoms with Crippen LogP contribution in [0.25, 0.3) is 0 Å². The van der Waals surface area contributed by atoms with E-state index < -0.39 is 5.91 Å². The van der Waals surface area contributed by atoms with Crippen LogP contribution >= 0.6 is 0 Å². The third-order valence-electron chi connectivity index (χ3n) is 2.98. The Bertz CT molecular complexity index is 689. The number of anilines is 3. The molecule has 1 atom stereocenters. The van der Waals surface area contributed by atoms with E-state index in [1.807, 2.05) is 6.92 Å². The first-order valence-corrected chi connectivity index (χ1v) is 7.07. The SMILES string of the molecule is COc1cc(Nc2ccnc(NC[C@H](C)N)n2)ccc1C(N)=O. The van der Waals surface area contributed by atoms with E-state index in [1.54, 1.807) is 30.5 Å². The van der Waals surface area contributed by atoms with Gasteiger partial charge in [-0.15, -0.1) is 0 Å². The molecule has 0 spiro atoms. The van der Waals surface area contributed by atoms with Crippen molar-refractivity contribution in [1.82, 2.24) is 9.97 Å². The molecule has 0 aliphatic heterocycles. The molecule has 1 aromatic heterocycles. The van der Waals surface area contributed by atoms with E-state index in [1.165, 1.54) is 7.11 Å². The van der Waals surface area contributed by atoms with Gasteiger partial charge in [0.1, 0.15) is 11.6 Å². The summed E-state index contributed by atoms with van der Waals surface area (Å²) < 4.78 is 5.17. The van der Waals surface area contributed by atoms with Gasteiger partial charge < -0.3 is 26.8 Å². The standard InChI is InChI=1S/C15H20N6O2/c1-9(16)8-19-15-18-6-5-13(21-15)20-10-3-4-11(14(17)22)12(7-10)23-2/h3-7,9H,8,16H2,1-2H3,(H2,17,22)(H2,18,19,20,21)/t9-/m0/s1. The number of benzene rings is 1. The summed E-state index contributed by atoms with van der Waals surface area (Å²) in [6.45, 7) is 2.46. The molecule has 0 aliphatic rings. The normalized spacial score (nSPS) is 11.6. The van der Waals surface area contributed by atoms with Crippen LogP contribution in [0.2, 0.25) is 0 Å². The molecule has 1 aromatic carbocycles. The van der Waals surface area contributed by atoms with Gasteiger partial charge in [0.05, 0.1) is 12.7 Å². The van der Waals surface area contributed by atoms with Crippen LogP contribution in [0.15, 0.2) is 30.5 Å². The lowest BCUT2D eigenvalue weighted by atomic mass is 10.1. The third-order valence-corrected chi connectivity index (χ3v) is 2.98. The van der Waals surface area contributed by atoms with Crippen molar-refractivity contribution in [2.24, 2.45) is 11.5 Å². The predicted molar refractivity (Wildman–Crippen MR) is 89.0 cm³/mol. The summed E-state index contributed by atoms with van der Waals surface area (Å²) in [6.07, 6.45) is 1.63. The van der Waals surface area contributed by atoms with Gasteiger partial charge in [0.25, 0.3) is 5.91 Å². The molecular weight excluding hydrogens is 296 g/mol. The average molecular weight is 316 g/mol. The molecule has 0 saturated heterocycles. The van der Waals surface area contributed by atoms with E-state index in [0.717, 1.165) is 0 Å². The molecule has 0 saturated carbocycles. The van der Waals surface area contributed by atoms with E-state index in [9.17, 15) is 4.79 Å². The number of nitrogens with two attached hydrogens (primary N) is 2. The second kappa shape index (κ2) is 7.41. The average Bonchev–Trinajstić information content (AvgIpc) is 2.53. The summed E-state index contributed by atoms with van der Waals surface area (Å²) in [5, 5.41) is 6.16. The second-order valence-corrected chi connectivity index (χ2v) is 5.03. The van der Waals surface area contributed by atoms with Gasteiger partial charge in [0.2, 0.25) is 5.95 Å². The zero-order chi connectivity index (χ0) is 16.8. The molecule has 0 unspecified atom stereocenters. The first-order valence-electron chi connectivity index (χ1n) is 7.07. The summed E-state index contributed by atoms with van der Waals surface area (Å²) in [5.74, 6) is 0.929. The highest BCUT2D eigenvalue weighted by atomic mass is 16.5. The Hall–Kier alpha value is -2.87. The summed E-state index contributed by atoms with van der Waals surface area (Å²) in [7, 11) is 1.48. The van der Waals surface area contributed by atoms with Crippen LogP contribution in [0, 0.1) is 0 Å². The number of carbonyl (C=O) groups excluding carboxylic acids is 1. The number of ether oxygens (including phenoxy) is 1. The van der Waals surface area contributed by atoms with Crippen LogP contribution in [0.5, 0.6) is 5.75 Å². The number of nitrogens with one attached hydrogen (secondary N) is 2. The molecule has 1 heterocycles. The van der Waals surface area contributed by atoms with Crippen molar-refractivity contribution in [3.05, 3.63) is 36.0 Å². The van der Waals surface area contributed by atoms with Gasteiger partial charge in [-0.1, -0.05) is 0 Å². The topological polar surface area (TPSA) is 128 Å². The van der Waals surface area contributed by atoms with Gasteiger partial charge in [-0.2, -0.15) is 4.98 Å². The van der Waals surface area contributed by atoms with E-state index in [-0.39, 0.29) is 6.04 Å². The Morgan fingerprint density at radius 1 is 1.39 bits per heavy atom. The number of primary amides is 1. The first kappa shape index (κ1) is 16.5. The van der Waals surface area contributed by atoms with Crippen LogP contribution in [0.1, 0.15) is 17.3 Å². The first-order chi connectivity index (χ1) is 11.0. The highest BCUT2D eigenvalue weighted by Crippen LogP contribution is 2.24. The van der Waals surface area contributed by atoms with Crippen molar-refractivity contribution in [3.63, 3.8) is 0 Å². The fraction of sp³-hybridized carbons (Fsp3) is 0.267. The zero-order valence-electron chi connectivity index (χ0n) is 13.0. The smallest absolute Gasteiger partial charge is 0.252 e. The predicted octanol–water partition coefficient (Wildman–Crippen LogP) is 1.09. The van der Waals surface area contributed by atoms with Crippen molar-refractivity contribution in [3.8, 4) is 5.75 Å². The fourth-order valence-corrected chi connectivity index (χ4v) is 1.89. The van der Waals surface area contributed by atoms with E-state index in [0.29, 0.717) is 35.3 Å². The molecule has 8 nitrogen and oxygen atoms in total. The molecule has 2 aromatic rings. The zero-order valence-corrected chi connectivity index (χ0v) is 13.0. The highest BCUT2D eigenvalue weighted by Gasteiger charge is 2.10. The number of hydrogen-bond acceptors (Lipinski definition) is 7. The Labute approximate surface area is 134 Å². The maximum Gasteiger partial charge on any atom is 0.252 e. The van der Waals surface area contributed by atoms with Gasteiger partial charge in [-0.25, -0.2) is 4.98 Å². The lowest BCUT2D eigenvalue weighted by Crippen LogP contribution is -2.25. The van der Waals surface area contributed by atoms with Crippen molar-refractivity contribution >= 4 is 23.4 Å². The second-order valence-electron chi connectivity index (χ2n) is 5.03. The summed E-state index contributed by atoms with van der Waals surface area (Å²) in [5.41, 5.74) is 12.0. The van der Waals surface area contributed by atoms with Gasteiger partial charge in [-0.05, 0) is 25.1 Å². The Morgan fingerprint density at radius 3 is 2.83 bits per heavy atom. The molecule has 0 fully saturated rings. The third kappa shape index (κ3) is 4.55. The molecule has 0 radical (unpaired) electrons. The van der Waals surface area contributed by atoms with Crippen LogP contribution < -0.4 is 26.8 Å². The molecule has 23 heavy (non-hydrogen) atoms. The molecule has 0 bridgehead atoms. The quantitative estimate of drug-likeness (QED) is 0.601. The van der Waals surface area contributed by atoms with Crippen molar-refractivity contribution in [2.75, 3.05) is 24.3 Å². The van der Waals surface area contributed by atoms with Crippen molar-refractivity contribution in [2.45, 2.75) is 13.0 Å². The van der Waals surface area contributed by atoms with E-state index in [2.05, 4.69) is 20.6 Å². The number of carbonyl (C=O) groups is 1. The molecule has 6 N–H and O–H groups in total. The van der Waals surface area contributed by atoms with Crippen LogP contribution in [0.3, 0.4) is 0 Å². The van der Waals surface area contributed by atoms with E-state index >= 15 is 0 Å². The van der Waals surface area contributed by atoms with Crippen molar-refractivity contribution in [1.29, 1.82) is 0 Å². The summed E-state index contributed by atoms with van der Waals surface area (Å²) >= 11 is 0. The van der Waals surface area contributed by atoms with Gasteiger partial charge in [0, 0.05) is 30.5 Å². The number of hydrogen-bond donors (Lipinski definition) is 4. The van der Waals surface area contributed by atoms with Gasteiger partial charge >= 0.3 is 0 Å². The number of amides is 1. The van der Waals surface area contributed by atoms with Crippen LogP contribution in [-0.4, -0.2) is 35.6 Å². The fourth-order valence-electron chi connectivity index (χ4n) is 1.89. The van der Waals surface area contributed by atoms with Gasteiger partial charge in [0.15, 0.2) is 0 Å². The maximum atomic E-state index is 11.3. The van der Waals surface area contributed by atoms with Crippen molar-refractivity contribution < 1.29 is 9.53 Å². The highest BCUT2D eigenvalue weighted by molar-refractivity contribution is 5.96. The van der Waals surface area contributed by atoms with E-state index in [4.69, 9.17) is 16.2 Å². The monoisotopic (exact) mass is 316 g/mol. The maximum absolute atomic E-state index is 11.3. The minimum Gasteiger partial charge on any atom is -0.496 e. The summed E-state index contributed by atoms with van der Waals surface area (Å²) in [6, 6.07) is 6.73. The molecule has 8 heteroatoms. The lowest BCUT2D eigenvalue weighted by Gasteiger charge is -2.11. The minimum atomic E-state index is -0.544. The number of aromatic nitrogens is 2. The molecule has 2 rings (SSSR count). The number of rotatable bonds is 7. The van der Waals surface area contributed by atoms with Gasteiger partial charge in [-0.3, -0.25) is 4.79 Å². The minimum absolute atomic E-state index is 0.000760.